The molecule has 0 aliphatic heterocycles. The predicted octanol–water partition coefficient (Wildman–Crippen LogP) is 5.86. The van der Waals surface area contributed by atoms with E-state index in [9.17, 15) is 19.8 Å². The molecule has 3 aliphatic carbocycles. The highest BCUT2D eigenvalue weighted by atomic mass is 28.4. The van der Waals surface area contributed by atoms with Crippen LogP contribution in [-0.2, 0) is 23.5 Å². The zero-order chi connectivity index (χ0) is 33.2. The smallest absolute Gasteiger partial charge is 0.338 e. The number of aliphatic hydroxyl groups is 2. The average Bonchev–Trinajstić information content (AvgIpc) is 2.92. The molecule has 2 bridgehead atoms. The Kier molecular flexibility index (Phi) is 9.01. The van der Waals surface area contributed by atoms with Gasteiger partial charge in [0, 0.05) is 30.1 Å². The molecule has 2 fully saturated rings. The molecule has 0 saturated heterocycles. The maximum Gasteiger partial charge on any atom is 0.338 e. The van der Waals surface area contributed by atoms with Crippen LogP contribution in [0.4, 0.5) is 0 Å². The molecule has 44 heavy (non-hydrogen) atoms. The van der Waals surface area contributed by atoms with Crippen molar-refractivity contribution in [3.8, 4) is 0 Å². The summed E-state index contributed by atoms with van der Waals surface area (Å²) in [6.07, 6.45) is -2.58. The van der Waals surface area contributed by atoms with Crippen molar-refractivity contribution in [2.24, 2.45) is 28.6 Å². The number of rotatable bonds is 6. The number of ether oxygens (including phenoxy) is 2. The third-order valence-corrected chi connectivity index (χ3v) is 12.2. The molecule has 2 saturated carbocycles. The van der Waals surface area contributed by atoms with Crippen molar-refractivity contribution in [3.63, 3.8) is 0 Å². The van der Waals surface area contributed by atoms with Crippen molar-refractivity contribution in [2.45, 2.75) is 124 Å². The van der Waals surface area contributed by atoms with E-state index in [1.54, 1.807) is 37.3 Å². The van der Waals surface area contributed by atoms with E-state index in [0.29, 0.717) is 0 Å². The number of ketones is 1. The van der Waals surface area contributed by atoms with Gasteiger partial charge < -0.3 is 24.1 Å². The molecule has 3 aliphatic rings. The van der Waals surface area contributed by atoms with Crippen molar-refractivity contribution in [1.82, 2.24) is 0 Å². The van der Waals surface area contributed by atoms with Crippen molar-refractivity contribution in [3.05, 3.63) is 47.0 Å². The summed E-state index contributed by atoms with van der Waals surface area (Å²) in [6, 6.07) is 8.53. The van der Waals surface area contributed by atoms with Crippen LogP contribution in [0, 0.1) is 28.6 Å². The molecule has 9 atom stereocenters. The van der Waals surface area contributed by atoms with Crippen LogP contribution in [0.3, 0.4) is 0 Å². The first-order valence-electron chi connectivity index (χ1n) is 16.0. The summed E-state index contributed by atoms with van der Waals surface area (Å²) >= 11 is 0. The SMILES string of the molecule is CC[C@]1(OC(C)=O)[C@H](O)C[C@H](C)[C@@]2(C)C(=O)[C@H](C)C3=C(C)[C@@H](O[Si](C)(C)C)C[C@@](O)([C@@H](OC(=O)c4ccccc4)[C@H]12)C3(C)C. The maximum absolute atomic E-state index is 15.1. The normalized spacial score (nSPS) is 38.7. The Morgan fingerprint density at radius 2 is 1.66 bits per heavy atom. The summed E-state index contributed by atoms with van der Waals surface area (Å²) in [6.45, 7) is 20.7. The lowest BCUT2D eigenvalue weighted by molar-refractivity contribution is -0.275. The second kappa shape index (κ2) is 11.5. The summed E-state index contributed by atoms with van der Waals surface area (Å²) in [4.78, 5) is 41.9. The van der Waals surface area contributed by atoms with Gasteiger partial charge in [0.15, 0.2) is 8.32 Å². The van der Waals surface area contributed by atoms with Crippen LogP contribution in [-0.4, -0.2) is 65.8 Å². The lowest BCUT2D eigenvalue weighted by Crippen LogP contribution is -2.76. The maximum atomic E-state index is 15.1. The van der Waals surface area contributed by atoms with Gasteiger partial charge in [0.1, 0.15) is 23.1 Å². The highest BCUT2D eigenvalue weighted by molar-refractivity contribution is 6.69. The van der Waals surface area contributed by atoms with Crippen molar-refractivity contribution < 1.29 is 38.5 Å². The monoisotopic (exact) mass is 628 g/mol. The van der Waals surface area contributed by atoms with E-state index >= 15 is 4.79 Å². The summed E-state index contributed by atoms with van der Waals surface area (Å²) in [5, 5.41) is 25.2. The Bertz CT molecular complexity index is 1330. The van der Waals surface area contributed by atoms with Gasteiger partial charge in [-0.25, -0.2) is 4.79 Å². The van der Waals surface area contributed by atoms with Crippen molar-refractivity contribution >= 4 is 26.0 Å². The zero-order valence-corrected chi connectivity index (χ0v) is 29.3. The van der Waals surface area contributed by atoms with E-state index in [0.717, 1.165) is 11.1 Å². The van der Waals surface area contributed by atoms with Gasteiger partial charge in [-0.15, -0.1) is 0 Å². The van der Waals surface area contributed by atoms with Gasteiger partial charge in [-0.1, -0.05) is 59.7 Å². The van der Waals surface area contributed by atoms with E-state index in [1.807, 2.05) is 41.5 Å². The van der Waals surface area contributed by atoms with E-state index in [1.165, 1.54) is 6.92 Å². The van der Waals surface area contributed by atoms with Crippen LogP contribution in [0.5, 0.6) is 0 Å². The minimum atomic E-state index is -2.16. The fraction of sp³-hybridized carbons (Fsp3) is 0.686. The number of hydrogen-bond donors (Lipinski definition) is 2. The summed E-state index contributed by atoms with van der Waals surface area (Å²) < 4.78 is 19.3. The summed E-state index contributed by atoms with van der Waals surface area (Å²) in [5.74, 6) is -3.45. The van der Waals surface area contributed by atoms with Crippen LogP contribution in [0.25, 0.3) is 0 Å². The first-order valence-corrected chi connectivity index (χ1v) is 19.4. The van der Waals surface area contributed by atoms with Gasteiger partial charge >= 0.3 is 11.9 Å². The van der Waals surface area contributed by atoms with Crippen LogP contribution in [0.1, 0.15) is 85.0 Å². The Balaban J connectivity index is 2.13. The van der Waals surface area contributed by atoms with Gasteiger partial charge in [0.05, 0.1) is 23.7 Å². The van der Waals surface area contributed by atoms with Gasteiger partial charge in [-0.05, 0) is 68.6 Å². The predicted molar refractivity (Wildman–Crippen MR) is 170 cm³/mol. The fourth-order valence-corrected chi connectivity index (χ4v) is 10.1. The molecule has 9 heteroatoms. The molecule has 8 nitrogen and oxygen atoms in total. The fourth-order valence-electron chi connectivity index (χ4n) is 8.99. The number of hydrogen-bond acceptors (Lipinski definition) is 8. The largest absolute Gasteiger partial charge is 0.456 e. The van der Waals surface area contributed by atoms with Gasteiger partial charge in [-0.2, -0.15) is 0 Å². The average molecular weight is 629 g/mol. The van der Waals surface area contributed by atoms with Crippen LogP contribution in [0.2, 0.25) is 19.6 Å². The van der Waals surface area contributed by atoms with E-state index in [4.69, 9.17) is 13.9 Å². The number of carbonyl (C=O) groups excluding carboxylic acids is 3. The Labute approximate surface area is 263 Å². The van der Waals surface area contributed by atoms with Crippen LogP contribution >= 0.6 is 0 Å². The van der Waals surface area contributed by atoms with Crippen molar-refractivity contribution in [2.75, 3.05) is 0 Å². The molecule has 0 radical (unpaired) electrons. The highest BCUT2D eigenvalue weighted by Gasteiger charge is 2.74. The third-order valence-electron chi connectivity index (χ3n) is 11.3. The zero-order valence-electron chi connectivity index (χ0n) is 28.3. The lowest BCUT2D eigenvalue weighted by Gasteiger charge is -2.65. The molecule has 244 valence electrons. The van der Waals surface area contributed by atoms with Gasteiger partial charge in [0.25, 0.3) is 0 Å². The first-order chi connectivity index (χ1) is 20.2. The molecule has 0 unspecified atom stereocenters. The first kappa shape index (κ1) is 34.5. The quantitative estimate of drug-likeness (QED) is 0.228. The van der Waals surface area contributed by atoms with E-state index in [-0.39, 0.29) is 36.5 Å². The lowest BCUT2D eigenvalue weighted by atomic mass is 9.43. The standard InChI is InChI=1S/C35H52O8Si/c1-12-34(42-23(5)36)26(37)18-20(2)33(8)28(34)30(41-31(39)24-16-14-13-15-17-24)35(40)19-25(43-44(9,10)11)21(3)27(32(35,6)7)22(4)29(33)38/h13-17,20,22,25-26,28,30,37,40H,12,18-19H2,1-11H3/t20-,22+,25-,26+,28-,30-,33+,34-,35+/m0/s1. The highest BCUT2D eigenvalue weighted by Crippen LogP contribution is 2.65. The summed E-state index contributed by atoms with van der Waals surface area (Å²) in [5.41, 5.74) is -3.69. The molecule has 0 heterocycles. The minimum absolute atomic E-state index is 0.0919. The van der Waals surface area contributed by atoms with Crippen LogP contribution < -0.4 is 0 Å². The number of fused-ring (bicyclic) bond motifs is 3. The number of benzene rings is 1. The number of carbonyl (C=O) groups is 3. The Hall–Kier alpha value is -2.33. The van der Waals surface area contributed by atoms with E-state index in [2.05, 4.69) is 19.6 Å². The van der Waals surface area contributed by atoms with E-state index < -0.39 is 72.4 Å². The Morgan fingerprint density at radius 3 is 2.18 bits per heavy atom. The molecular weight excluding hydrogens is 576 g/mol. The number of aliphatic hydroxyl groups excluding tert-OH is 1. The molecule has 1 aromatic rings. The van der Waals surface area contributed by atoms with Crippen molar-refractivity contribution in [1.29, 1.82) is 0 Å². The van der Waals surface area contributed by atoms with Crippen LogP contribution in [0.15, 0.2) is 41.5 Å². The minimum Gasteiger partial charge on any atom is -0.456 e. The second-order valence-corrected chi connectivity index (χ2v) is 19.6. The molecule has 0 aromatic heterocycles. The number of Topliss-reactive ketones (excluding diaryl/α,β-unsaturated/α-hetero) is 1. The molecule has 2 N–H and O–H groups in total. The topological polar surface area (TPSA) is 119 Å². The summed E-state index contributed by atoms with van der Waals surface area (Å²) in [7, 11) is -2.16. The molecule has 4 rings (SSSR count). The molecule has 0 spiro atoms. The van der Waals surface area contributed by atoms with Gasteiger partial charge in [-0.3, -0.25) is 9.59 Å². The molecular formula is C35H52O8Si. The third kappa shape index (κ3) is 5.21. The molecule has 0 amide bonds. The Morgan fingerprint density at radius 1 is 1.07 bits per heavy atom. The number of esters is 2. The molecule has 1 aromatic carbocycles. The van der Waals surface area contributed by atoms with Gasteiger partial charge in [0.2, 0.25) is 0 Å². The second-order valence-electron chi connectivity index (χ2n) is 15.2.